The number of nitrogens with zero attached hydrogens (tertiary/aromatic N) is 5. The Morgan fingerprint density at radius 1 is 1.17 bits per heavy atom. The Balaban J connectivity index is 1.79. The van der Waals surface area contributed by atoms with Gasteiger partial charge in [-0.2, -0.15) is 26.7 Å². The monoisotopic (exact) mass is 430 g/mol. The summed E-state index contributed by atoms with van der Waals surface area (Å²) < 4.78 is 5.36. The van der Waals surface area contributed by atoms with Crippen LogP contribution in [0.3, 0.4) is 0 Å². The molecule has 1 unspecified atom stereocenters. The van der Waals surface area contributed by atoms with Gasteiger partial charge < -0.3 is 15.4 Å². The third-order valence-electron chi connectivity index (χ3n) is 4.44. The molecule has 0 spiro atoms. The second kappa shape index (κ2) is 9.08. The lowest BCUT2D eigenvalue weighted by Crippen LogP contribution is -2.46. The third kappa shape index (κ3) is 4.35. The topological polar surface area (TPSA) is 132 Å². The van der Waals surface area contributed by atoms with Crippen molar-refractivity contribution in [3.8, 4) is 0 Å². The van der Waals surface area contributed by atoms with Crippen LogP contribution < -0.4 is 10.6 Å². The minimum absolute atomic E-state index is 0.000898. The van der Waals surface area contributed by atoms with Crippen LogP contribution >= 0.6 is 11.8 Å². The number of amides is 2. The number of benzene rings is 1. The van der Waals surface area contributed by atoms with Crippen molar-refractivity contribution in [2.75, 3.05) is 36.7 Å². The van der Waals surface area contributed by atoms with Gasteiger partial charge >= 0.3 is 5.97 Å². The standard InChI is InChI=1S/C19H22N6O4S/c1-24(2)19-22-14(21-18(20)23-19)10-29-17(28)13(8-9-30-3)25-15(26)11-6-4-5-7-12(11)16(25)27/h4-7,13H,8-10H2,1-3H3,(H2,20,21,22,23). The van der Waals surface area contributed by atoms with Gasteiger partial charge in [0.2, 0.25) is 11.9 Å². The molecule has 1 atom stereocenters. The van der Waals surface area contributed by atoms with E-state index in [1.807, 2.05) is 6.26 Å². The van der Waals surface area contributed by atoms with Crippen molar-refractivity contribution in [3.63, 3.8) is 0 Å². The molecule has 1 aliphatic rings. The molecule has 3 rings (SSSR count). The summed E-state index contributed by atoms with van der Waals surface area (Å²) in [6, 6.07) is 5.45. The predicted molar refractivity (Wildman–Crippen MR) is 112 cm³/mol. The van der Waals surface area contributed by atoms with E-state index in [9.17, 15) is 14.4 Å². The maximum atomic E-state index is 12.9. The first-order valence-corrected chi connectivity index (χ1v) is 10.5. The first-order valence-electron chi connectivity index (χ1n) is 9.13. The number of esters is 1. The van der Waals surface area contributed by atoms with Crippen LogP contribution in [0.2, 0.25) is 0 Å². The molecule has 0 bridgehead atoms. The summed E-state index contributed by atoms with van der Waals surface area (Å²) in [4.78, 5) is 53.2. The van der Waals surface area contributed by atoms with Crippen molar-refractivity contribution in [2.24, 2.45) is 0 Å². The highest BCUT2D eigenvalue weighted by Crippen LogP contribution is 2.26. The van der Waals surface area contributed by atoms with Crippen LogP contribution in [0.15, 0.2) is 24.3 Å². The normalized spacial score (nSPS) is 13.9. The zero-order valence-electron chi connectivity index (χ0n) is 16.9. The Morgan fingerprint density at radius 3 is 2.37 bits per heavy atom. The number of rotatable bonds is 8. The van der Waals surface area contributed by atoms with E-state index < -0.39 is 23.8 Å². The minimum atomic E-state index is -1.04. The average molecular weight is 430 g/mol. The summed E-state index contributed by atoms with van der Waals surface area (Å²) in [6.07, 6.45) is 2.15. The summed E-state index contributed by atoms with van der Waals surface area (Å²) in [5.41, 5.74) is 6.25. The average Bonchev–Trinajstić information content (AvgIpc) is 2.97. The second-order valence-electron chi connectivity index (χ2n) is 6.74. The van der Waals surface area contributed by atoms with Crippen molar-refractivity contribution in [1.82, 2.24) is 19.9 Å². The molecular weight excluding hydrogens is 408 g/mol. The maximum absolute atomic E-state index is 12.9. The van der Waals surface area contributed by atoms with E-state index in [0.29, 0.717) is 11.7 Å². The molecular formula is C19H22N6O4S. The van der Waals surface area contributed by atoms with Crippen LogP contribution in [0, 0.1) is 0 Å². The van der Waals surface area contributed by atoms with Gasteiger partial charge in [0, 0.05) is 14.1 Å². The van der Waals surface area contributed by atoms with E-state index in [4.69, 9.17) is 10.5 Å². The number of ether oxygens (including phenoxy) is 1. The Kier molecular flexibility index (Phi) is 6.50. The van der Waals surface area contributed by atoms with Crippen LogP contribution in [-0.2, 0) is 16.1 Å². The van der Waals surface area contributed by atoms with E-state index >= 15 is 0 Å². The fourth-order valence-electron chi connectivity index (χ4n) is 2.99. The van der Waals surface area contributed by atoms with Crippen LogP contribution in [0.4, 0.5) is 11.9 Å². The molecule has 0 aliphatic carbocycles. The number of hydrogen-bond acceptors (Lipinski definition) is 10. The number of anilines is 2. The van der Waals surface area contributed by atoms with E-state index in [0.717, 1.165) is 4.90 Å². The Labute approximate surface area is 177 Å². The number of aromatic nitrogens is 3. The molecule has 2 aromatic rings. The van der Waals surface area contributed by atoms with E-state index in [-0.39, 0.29) is 35.9 Å². The van der Waals surface area contributed by atoms with Crippen LogP contribution in [0.5, 0.6) is 0 Å². The molecule has 0 fully saturated rings. The molecule has 11 heteroatoms. The number of fused-ring (bicyclic) bond motifs is 1. The van der Waals surface area contributed by atoms with Gasteiger partial charge in [-0.3, -0.25) is 14.5 Å². The molecule has 0 saturated heterocycles. The Morgan fingerprint density at radius 2 is 1.80 bits per heavy atom. The smallest absolute Gasteiger partial charge is 0.329 e. The quantitative estimate of drug-likeness (QED) is 0.477. The number of nitrogen functional groups attached to an aromatic ring is 1. The molecule has 0 saturated carbocycles. The maximum Gasteiger partial charge on any atom is 0.329 e. The van der Waals surface area contributed by atoms with E-state index in [1.54, 1.807) is 43.3 Å². The van der Waals surface area contributed by atoms with Gasteiger partial charge in [-0.1, -0.05) is 12.1 Å². The summed E-state index contributed by atoms with van der Waals surface area (Å²) in [5, 5.41) is 0. The fraction of sp³-hybridized carbons (Fsp3) is 0.368. The van der Waals surface area contributed by atoms with Gasteiger partial charge in [-0.05, 0) is 30.6 Å². The Hall–Kier alpha value is -3.21. The number of hydrogen-bond donors (Lipinski definition) is 1. The van der Waals surface area contributed by atoms with Crippen molar-refractivity contribution in [2.45, 2.75) is 19.1 Å². The van der Waals surface area contributed by atoms with Gasteiger partial charge in [0.1, 0.15) is 6.04 Å². The predicted octanol–water partition coefficient (Wildman–Crippen LogP) is 0.981. The molecule has 2 amide bonds. The van der Waals surface area contributed by atoms with E-state index in [2.05, 4.69) is 15.0 Å². The zero-order valence-corrected chi connectivity index (χ0v) is 17.7. The summed E-state index contributed by atoms with van der Waals surface area (Å²) in [5.74, 6) is -0.645. The molecule has 2 N–H and O–H groups in total. The number of carbonyl (C=O) groups is 3. The van der Waals surface area contributed by atoms with Crippen molar-refractivity contribution < 1.29 is 19.1 Å². The minimum Gasteiger partial charge on any atom is -0.456 e. The van der Waals surface area contributed by atoms with Crippen LogP contribution in [0.1, 0.15) is 33.0 Å². The zero-order chi connectivity index (χ0) is 21.8. The van der Waals surface area contributed by atoms with Crippen molar-refractivity contribution in [3.05, 3.63) is 41.2 Å². The van der Waals surface area contributed by atoms with Crippen LogP contribution in [-0.4, -0.2) is 69.8 Å². The molecule has 0 radical (unpaired) electrons. The molecule has 2 heterocycles. The van der Waals surface area contributed by atoms with Gasteiger partial charge in [0.05, 0.1) is 11.1 Å². The van der Waals surface area contributed by atoms with Gasteiger partial charge in [-0.15, -0.1) is 0 Å². The summed E-state index contributed by atoms with van der Waals surface area (Å²) >= 11 is 1.50. The van der Waals surface area contributed by atoms with Gasteiger partial charge in [-0.25, -0.2) is 4.79 Å². The molecule has 10 nitrogen and oxygen atoms in total. The number of thioether (sulfide) groups is 1. The highest BCUT2D eigenvalue weighted by atomic mass is 32.2. The number of imide groups is 1. The first-order chi connectivity index (χ1) is 14.3. The van der Waals surface area contributed by atoms with E-state index in [1.165, 1.54) is 11.8 Å². The SMILES string of the molecule is CSCCC(C(=O)OCc1nc(N)nc(N(C)C)n1)N1C(=O)c2ccccc2C1=O. The fourth-order valence-corrected chi connectivity index (χ4v) is 3.45. The van der Waals surface area contributed by atoms with Crippen LogP contribution in [0.25, 0.3) is 0 Å². The Bertz CT molecular complexity index is 948. The second-order valence-corrected chi connectivity index (χ2v) is 7.72. The van der Waals surface area contributed by atoms with Crippen molar-refractivity contribution in [1.29, 1.82) is 0 Å². The highest BCUT2D eigenvalue weighted by molar-refractivity contribution is 7.98. The molecule has 158 valence electrons. The third-order valence-corrected chi connectivity index (χ3v) is 5.08. The van der Waals surface area contributed by atoms with Gasteiger partial charge in [0.15, 0.2) is 12.4 Å². The lowest BCUT2D eigenvalue weighted by molar-refractivity contribution is -0.150. The molecule has 1 aliphatic heterocycles. The molecule has 1 aromatic carbocycles. The highest BCUT2D eigenvalue weighted by Gasteiger charge is 2.43. The molecule has 1 aromatic heterocycles. The number of carbonyl (C=O) groups excluding carboxylic acids is 3. The first kappa shape index (κ1) is 21.5. The van der Waals surface area contributed by atoms with Crippen molar-refractivity contribution >= 4 is 41.4 Å². The summed E-state index contributed by atoms with van der Waals surface area (Å²) in [6.45, 7) is -0.259. The van der Waals surface area contributed by atoms with Gasteiger partial charge in [0.25, 0.3) is 11.8 Å². The lowest BCUT2D eigenvalue weighted by Gasteiger charge is -2.24. The molecule has 30 heavy (non-hydrogen) atoms. The summed E-state index contributed by atoms with van der Waals surface area (Å²) in [7, 11) is 3.48. The largest absolute Gasteiger partial charge is 0.456 e. The lowest BCUT2D eigenvalue weighted by atomic mass is 10.1. The number of nitrogens with two attached hydrogens (primary N) is 1.